The van der Waals surface area contributed by atoms with Crippen molar-refractivity contribution in [3.8, 4) is 5.75 Å². The molecule has 2 aromatic rings. The van der Waals surface area contributed by atoms with Crippen LogP contribution in [0.3, 0.4) is 0 Å². The molecule has 1 aliphatic heterocycles. The summed E-state index contributed by atoms with van der Waals surface area (Å²) in [6.45, 7) is 5.82. The quantitative estimate of drug-likeness (QED) is 0.895. The van der Waals surface area contributed by atoms with E-state index in [0.717, 1.165) is 0 Å². The number of ether oxygens (including phenoxy) is 1. The fraction of sp³-hybridized carbons (Fsp3) is 0.300. The van der Waals surface area contributed by atoms with E-state index in [9.17, 15) is 9.59 Å². The molecule has 3 rings (SSSR count). The maximum Gasteiger partial charge on any atom is 0.265 e. The first-order valence-electron chi connectivity index (χ1n) is 8.40. The zero-order chi connectivity index (χ0) is 18.0. The molecule has 5 nitrogen and oxygen atoms in total. The Hall–Kier alpha value is -2.82. The largest absolute Gasteiger partial charge is 0.479 e. The minimum atomic E-state index is -0.509. The first-order valence-corrected chi connectivity index (χ1v) is 8.40. The lowest BCUT2D eigenvalue weighted by Gasteiger charge is -2.23. The number of hydrogen-bond acceptors (Lipinski definition) is 3. The summed E-state index contributed by atoms with van der Waals surface area (Å²) >= 11 is 0. The van der Waals surface area contributed by atoms with Crippen LogP contribution in [0.25, 0.3) is 0 Å². The SMILES string of the molecule is Cc1ccc(CCC(=O)Nc2ccc3c(c2)NC(=O)[C@H](C)O3)c(C)c1. The number of aryl methyl sites for hydroxylation is 3. The molecular weight excluding hydrogens is 316 g/mol. The normalized spacial score (nSPS) is 15.8. The summed E-state index contributed by atoms with van der Waals surface area (Å²) in [5.74, 6) is 0.363. The number of rotatable bonds is 4. The van der Waals surface area contributed by atoms with Gasteiger partial charge in [0.25, 0.3) is 5.91 Å². The number of benzene rings is 2. The second kappa shape index (κ2) is 6.97. The minimum absolute atomic E-state index is 0.0589. The van der Waals surface area contributed by atoms with Gasteiger partial charge in [-0.1, -0.05) is 23.8 Å². The Morgan fingerprint density at radius 1 is 1.20 bits per heavy atom. The molecular formula is C20H22N2O3. The van der Waals surface area contributed by atoms with Gasteiger partial charge in [0.1, 0.15) is 5.75 Å². The third kappa shape index (κ3) is 3.99. The van der Waals surface area contributed by atoms with Crippen molar-refractivity contribution in [3.63, 3.8) is 0 Å². The van der Waals surface area contributed by atoms with Crippen LogP contribution in [-0.2, 0) is 16.0 Å². The summed E-state index contributed by atoms with van der Waals surface area (Å²) < 4.78 is 5.51. The highest BCUT2D eigenvalue weighted by atomic mass is 16.5. The van der Waals surface area contributed by atoms with Crippen LogP contribution < -0.4 is 15.4 Å². The van der Waals surface area contributed by atoms with E-state index in [-0.39, 0.29) is 11.8 Å². The molecule has 0 radical (unpaired) electrons. The van der Waals surface area contributed by atoms with Crippen LogP contribution in [0.15, 0.2) is 36.4 Å². The molecule has 0 bridgehead atoms. The van der Waals surface area contributed by atoms with E-state index < -0.39 is 6.10 Å². The number of amides is 2. The molecule has 0 saturated heterocycles. The first kappa shape index (κ1) is 17.0. The summed E-state index contributed by atoms with van der Waals surface area (Å²) in [5, 5.41) is 5.65. The average Bonchev–Trinajstić information content (AvgIpc) is 2.55. The number of nitrogens with one attached hydrogen (secondary N) is 2. The van der Waals surface area contributed by atoms with Crippen molar-refractivity contribution in [3.05, 3.63) is 53.1 Å². The zero-order valence-corrected chi connectivity index (χ0v) is 14.7. The highest BCUT2D eigenvalue weighted by molar-refractivity contribution is 5.99. The van der Waals surface area contributed by atoms with Crippen LogP contribution in [0.4, 0.5) is 11.4 Å². The number of carbonyl (C=O) groups excluding carboxylic acids is 2. The van der Waals surface area contributed by atoms with Gasteiger partial charge < -0.3 is 15.4 Å². The fourth-order valence-electron chi connectivity index (χ4n) is 2.88. The van der Waals surface area contributed by atoms with E-state index >= 15 is 0 Å². The number of anilines is 2. The molecule has 1 aliphatic rings. The Bertz CT molecular complexity index is 830. The van der Waals surface area contributed by atoms with Gasteiger partial charge in [0.2, 0.25) is 5.91 Å². The molecule has 2 N–H and O–H groups in total. The molecule has 130 valence electrons. The summed E-state index contributed by atoms with van der Waals surface area (Å²) in [5.41, 5.74) is 4.83. The fourth-order valence-corrected chi connectivity index (χ4v) is 2.88. The maximum absolute atomic E-state index is 12.2. The van der Waals surface area contributed by atoms with E-state index in [2.05, 4.69) is 42.7 Å². The first-order chi connectivity index (χ1) is 11.9. The molecule has 5 heteroatoms. The molecule has 0 spiro atoms. The third-order valence-corrected chi connectivity index (χ3v) is 4.31. The number of hydrogen-bond donors (Lipinski definition) is 2. The van der Waals surface area contributed by atoms with Crippen LogP contribution in [0, 0.1) is 13.8 Å². The molecule has 25 heavy (non-hydrogen) atoms. The van der Waals surface area contributed by atoms with Crippen molar-refractivity contribution >= 4 is 23.2 Å². The van der Waals surface area contributed by atoms with Crippen LogP contribution in [0.1, 0.15) is 30.0 Å². The van der Waals surface area contributed by atoms with Gasteiger partial charge in [-0.2, -0.15) is 0 Å². The Morgan fingerprint density at radius 2 is 2.00 bits per heavy atom. The minimum Gasteiger partial charge on any atom is -0.479 e. The third-order valence-electron chi connectivity index (χ3n) is 4.31. The summed E-state index contributed by atoms with van der Waals surface area (Å²) in [6, 6.07) is 11.5. The van der Waals surface area contributed by atoms with E-state index in [4.69, 9.17) is 4.74 Å². The molecule has 0 aromatic heterocycles. The molecule has 0 unspecified atom stereocenters. The van der Waals surface area contributed by atoms with Crippen molar-refractivity contribution in [1.82, 2.24) is 0 Å². The molecule has 2 aromatic carbocycles. The zero-order valence-electron chi connectivity index (χ0n) is 14.7. The van der Waals surface area contributed by atoms with Crippen molar-refractivity contribution in [2.24, 2.45) is 0 Å². The van der Waals surface area contributed by atoms with Crippen molar-refractivity contribution in [2.45, 2.75) is 39.7 Å². The van der Waals surface area contributed by atoms with Gasteiger partial charge in [-0.25, -0.2) is 0 Å². The molecule has 2 amide bonds. The smallest absolute Gasteiger partial charge is 0.265 e. The summed E-state index contributed by atoms with van der Waals surface area (Å²) in [4.78, 5) is 23.9. The van der Waals surface area contributed by atoms with Gasteiger partial charge in [-0.15, -0.1) is 0 Å². The predicted octanol–water partition coefficient (Wildman–Crippen LogP) is 3.59. The van der Waals surface area contributed by atoms with E-state index in [1.54, 1.807) is 25.1 Å². The van der Waals surface area contributed by atoms with Crippen molar-refractivity contribution in [2.75, 3.05) is 10.6 Å². The van der Waals surface area contributed by atoms with Gasteiger partial charge in [0.05, 0.1) is 5.69 Å². The highest BCUT2D eigenvalue weighted by Gasteiger charge is 2.23. The predicted molar refractivity (Wildman–Crippen MR) is 98.0 cm³/mol. The Morgan fingerprint density at radius 3 is 2.76 bits per heavy atom. The number of fused-ring (bicyclic) bond motifs is 1. The van der Waals surface area contributed by atoms with Gasteiger partial charge in [-0.05, 0) is 56.5 Å². The Labute approximate surface area is 147 Å². The van der Waals surface area contributed by atoms with E-state index in [0.29, 0.717) is 30.0 Å². The topological polar surface area (TPSA) is 67.4 Å². The summed E-state index contributed by atoms with van der Waals surface area (Å²) in [7, 11) is 0. The van der Waals surface area contributed by atoms with E-state index in [1.165, 1.54) is 16.7 Å². The van der Waals surface area contributed by atoms with Gasteiger partial charge >= 0.3 is 0 Å². The maximum atomic E-state index is 12.2. The van der Waals surface area contributed by atoms with Crippen LogP contribution in [0.5, 0.6) is 5.75 Å². The second-order valence-corrected chi connectivity index (χ2v) is 6.44. The van der Waals surface area contributed by atoms with Gasteiger partial charge in [0, 0.05) is 12.1 Å². The van der Waals surface area contributed by atoms with Crippen molar-refractivity contribution < 1.29 is 14.3 Å². The lowest BCUT2D eigenvalue weighted by atomic mass is 10.0. The average molecular weight is 338 g/mol. The standard InChI is InChI=1S/C20H22N2O3/c1-12-4-5-15(13(2)10-12)6-9-19(23)21-16-7-8-18-17(11-16)22-20(24)14(3)25-18/h4-5,7-8,10-11,14H,6,9H2,1-3H3,(H,21,23)(H,22,24)/t14-/m0/s1. The number of carbonyl (C=O) groups is 2. The molecule has 0 fully saturated rings. The monoisotopic (exact) mass is 338 g/mol. The lowest BCUT2D eigenvalue weighted by Crippen LogP contribution is -2.34. The molecule has 1 heterocycles. The van der Waals surface area contributed by atoms with Crippen LogP contribution in [0.2, 0.25) is 0 Å². The Kier molecular flexibility index (Phi) is 4.74. The second-order valence-electron chi connectivity index (χ2n) is 6.44. The van der Waals surface area contributed by atoms with Gasteiger partial charge in [-0.3, -0.25) is 9.59 Å². The van der Waals surface area contributed by atoms with Crippen molar-refractivity contribution in [1.29, 1.82) is 0 Å². The molecule has 0 aliphatic carbocycles. The lowest BCUT2D eigenvalue weighted by molar-refractivity contribution is -0.122. The van der Waals surface area contributed by atoms with Gasteiger partial charge in [0.15, 0.2) is 6.10 Å². The van der Waals surface area contributed by atoms with E-state index in [1.807, 2.05) is 0 Å². The molecule has 0 saturated carbocycles. The molecule has 1 atom stereocenters. The van der Waals surface area contributed by atoms with Crippen LogP contribution >= 0.6 is 0 Å². The highest BCUT2D eigenvalue weighted by Crippen LogP contribution is 2.32. The summed E-state index contributed by atoms with van der Waals surface area (Å²) in [6.07, 6.45) is 0.590. The van der Waals surface area contributed by atoms with Crippen LogP contribution in [-0.4, -0.2) is 17.9 Å². The Balaban J connectivity index is 1.61.